The number of carbonyl (C=O) groups is 1. The standard InChI is InChI=1S/C17H28N4O.HI/c1-18-16(19-9-7-14-5-2-3-6-14)21-10-4-8-17(13-21)11-15(22)20-12-17;/h5H,2-4,6-13H2,1H3,(H,18,19)(H,20,22);1H. The lowest BCUT2D eigenvalue weighted by Gasteiger charge is -2.40. The number of hydrogen-bond donors (Lipinski definition) is 2. The zero-order valence-electron chi connectivity index (χ0n) is 14.1. The molecule has 5 nitrogen and oxygen atoms in total. The molecule has 1 spiro atoms. The Bertz CT molecular complexity index is 491. The Hall–Kier alpha value is -0.790. The number of halogens is 1. The Morgan fingerprint density at radius 2 is 2.35 bits per heavy atom. The van der Waals surface area contributed by atoms with E-state index in [9.17, 15) is 4.79 Å². The van der Waals surface area contributed by atoms with Crippen molar-refractivity contribution in [3.8, 4) is 0 Å². The second-order valence-corrected chi connectivity index (χ2v) is 6.96. The van der Waals surface area contributed by atoms with Gasteiger partial charge in [-0.3, -0.25) is 9.79 Å². The second-order valence-electron chi connectivity index (χ2n) is 6.96. The van der Waals surface area contributed by atoms with Crippen molar-refractivity contribution in [2.75, 3.05) is 33.2 Å². The minimum absolute atomic E-state index is 0. The number of carbonyl (C=O) groups excluding carboxylic acids is 1. The lowest BCUT2D eigenvalue weighted by atomic mass is 9.79. The van der Waals surface area contributed by atoms with Crippen LogP contribution >= 0.6 is 24.0 Å². The molecule has 1 aliphatic carbocycles. The van der Waals surface area contributed by atoms with Crippen LogP contribution < -0.4 is 10.6 Å². The summed E-state index contributed by atoms with van der Waals surface area (Å²) in [5, 5.41) is 6.52. The molecule has 2 aliphatic heterocycles. The van der Waals surface area contributed by atoms with Crippen molar-refractivity contribution in [2.45, 2.75) is 44.9 Å². The van der Waals surface area contributed by atoms with Gasteiger partial charge in [-0.15, -0.1) is 24.0 Å². The van der Waals surface area contributed by atoms with Crippen molar-refractivity contribution in [2.24, 2.45) is 10.4 Å². The highest BCUT2D eigenvalue weighted by Crippen LogP contribution is 2.35. The van der Waals surface area contributed by atoms with Gasteiger partial charge in [0.15, 0.2) is 5.96 Å². The number of nitrogens with zero attached hydrogens (tertiary/aromatic N) is 2. The number of hydrogen-bond acceptors (Lipinski definition) is 2. The van der Waals surface area contributed by atoms with Gasteiger partial charge in [0, 0.05) is 45.1 Å². The fraction of sp³-hybridized carbons (Fsp3) is 0.765. The van der Waals surface area contributed by atoms with Gasteiger partial charge in [-0.05, 0) is 38.5 Å². The molecular weight excluding hydrogens is 403 g/mol. The molecule has 3 aliphatic rings. The third-order valence-electron chi connectivity index (χ3n) is 5.23. The van der Waals surface area contributed by atoms with Gasteiger partial charge in [-0.1, -0.05) is 11.6 Å². The summed E-state index contributed by atoms with van der Waals surface area (Å²) < 4.78 is 0. The summed E-state index contributed by atoms with van der Waals surface area (Å²) in [6.07, 6.45) is 10.3. The van der Waals surface area contributed by atoms with E-state index in [-0.39, 0.29) is 35.3 Å². The van der Waals surface area contributed by atoms with Crippen molar-refractivity contribution >= 4 is 35.8 Å². The molecule has 1 unspecified atom stereocenters. The van der Waals surface area contributed by atoms with Crippen molar-refractivity contribution in [3.05, 3.63) is 11.6 Å². The van der Waals surface area contributed by atoms with Crippen molar-refractivity contribution in [1.29, 1.82) is 0 Å². The van der Waals surface area contributed by atoms with Gasteiger partial charge in [0.05, 0.1) is 0 Å². The lowest BCUT2D eigenvalue weighted by molar-refractivity contribution is -0.119. The van der Waals surface area contributed by atoms with Crippen LogP contribution in [0.4, 0.5) is 0 Å². The van der Waals surface area contributed by atoms with Crippen LogP contribution in [0.1, 0.15) is 44.9 Å². The van der Waals surface area contributed by atoms with Crippen LogP contribution in [0.5, 0.6) is 0 Å². The van der Waals surface area contributed by atoms with Crippen LogP contribution in [0.15, 0.2) is 16.6 Å². The van der Waals surface area contributed by atoms with Gasteiger partial charge in [-0.25, -0.2) is 0 Å². The van der Waals surface area contributed by atoms with Gasteiger partial charge in [0.25, 0.3) is 0 Å². The number of guanidine groups is 1. The normalized spacial score (nSPS) is 27.7. The minimum atomic E-state index is 0. The average molecular weight is 432 g/mol. The van der Waals surface area contributed by atoms with Crippen molar-refractivity contribution in [1.82, 2.24) is 15.5 Å². The molecule has 1 atom stereocenters. The van der Waals surface area contributed by atoms with Crippen molar-refractivity contribution < 1.29 is 4.79 Å². The summed E-state index contributed by atoms with van der Waals surface area (Å²) in [5.74, 6) is 1.20. The van der Waals surface area contributed by atoms with Crippen LogP contribution in [-0.4, -0.2) is 50.0 Å². The number of piperidine rings is 1. The van der Waals surface area contributed by atoms with E-state index in [1.54, 1.807) is 5.57 Å². The molecule has 0 aromatic rings. The molecule has 0 aromatic carbocycles. The number of likely N-dealkylation sites (tertiary alicyclic amines) is 1. The summed E-state index contributed by atoms with van der Waals surface area (Å²) in [6, 6.07) is 0. The van der Waals surface area contributed by atoms with Gasteiger partial charge >= 0.3 is 0 Å². The molecule has 130 valence electrons. The number of allylic oxidation sites excluding steroid dienone is 1. The second kappa shape index (κ2) is 8.35. The summed E-state index contributed by atoms with van der Waals surface area (Å²) in [7, 11) is 1.86. The Morgan fingerprint density at radius 1 is 1.48 bits per heavy atom. The van der Waals surface area contributed by atoms with Gasteiger partial charge in [0.2, 0.25) is 5.91 Å². The Balaban J connectivity index is 0.00000192. The van der Waals surface area contributed by atoms with Gasteiger partial charge in [-0.2, -0.15) is 0 Å². The lowest BCUT2D eigenvalue weighted by Crippen LogP contribution is -2.51. The molecule has 0 aromatic heterocycles. The SMILES string of the molecule is CN=C(NCCC1=CCCC1)N1CCCC2(CNC(=O)C2)C1.I. The zero-order chi connectivity index (χ0) is 15.4. The fourth-order valence-electron chi connectivity index (χ4n) is 4.06. The summed E-state index contributed by atoms with van der Waals surface area (Å²) in [5.41, 5.74) is 1.71. The van der Waals surface area contributed by atoms with E-state index in [1.807, 2.05) is 7.05 Å². The predicted molar refractivity (Wildman–Crippen MR) is 104 cm³/mol. The molecule has 0 saturated carbocycles. The zero-order valence-corrected chi connectivity index (χ0v) is 16.4. The quantitative estimate of drug-likeness (QED) is 0.312. The highest BCUT2D eigenvalue weighted by Gasteiger charge is 2.42. The summed E-state index contributed by atoms with van der Waals surface area (Å²) >= 11 is 0. The highest BCUT2D eigenvalue weighted by molar-refractivity contribution is 14.0. The summed E-state index contributed by atoms with van der Waals surface area (Å²) in [6.45, 7) is 3.76. The van der Waals surface area contributed by atoms with Crippen LogP contribution in [0, 0.1) is 5.41 Å². The maximum Gasteiger partial charge on any atom is 0.220 e. The van der Waals surface area contributed by atoms with Crippen LogP contribution in [0.2, 0.25) is 0 Å². The molecule has 2 saturated heterocycles. The van der Waals surface area contributed by atoms with E-state index in [2.05, 4.69) is 26.6 Å². The molecule has 1 amide bonds. The molecule has 0 bridgehead atoms. The maximum absolute atomic E-state index is 11.6. The summed E-state index contributed by atoms with van der Waals surface area (Å²) in [4.78, 5) is 18.4. The molecular formula is C17H29IN4O. The Labute approximate surface area is 156 Å². The highest BCUT2D eigenvalue weighted by atomic mass is 127. The fourth-order valence-corrected chi connectivity index (χ4v) is 4.06. The topological polar surface area (TPSA) is 56.7 Å². The molecule has 0 radical (unpaired) electrons. The van der Waals surface area contributed by atoms with Crippen LogP contribution in [0.3, 0.4) is 0 Å². The average Bonchev–Trinajstić information content (AvgIpc) is 3.14. The molecule has 6 heteroatoms. The van der Waals surface area contributed by atoms with Crippen LogP contribution in [0.25, 0.3) is 0 Å². The molecule has 2 fully saturated rings. The predicted octanol–water partition coefficient (Wildman–Crippen LogP) is 2.28. The smallest absolute Gasteiger partial charge is 0.220 e. The maximum atomic E-state index is 11.6. The minimum Gasteiger partial charge on any atom is -0.356 e. The van der Waals surface area contributed by atoms with E-state index in [4.69, 9.17) is 0 Å². The third kappa shape index (κ3) is 4.61. The molecule has 2 heterocycles. The third-order valence-corrected chi connectivity index (χ3v) is 5.23. The number of rotatable bonds is 3. The Kier molecular flexibility index (Phi) is 6.73. The first-order valence-corrected chi connectivity index (χ1v) is 8.61. The van der Waals surface area contributed by atoms with E-state index in [1.165, 1.54) is 19.3 Å². The molecule has 3 rings (SSSR count). The number of amides is 1. The first-order valence-electron chi connectivity index (χ1n) is 8.61. The van der Waals surface area contributed by atoms with Crippen LogP contribution in [-0.2, 0) is 4.79 Å². The van der Waals surface area contributed by atoms with E-state index in [0.717, 1.165) is 51.4 Å². The monoisotopic (exact) mass is 432 g/mol. The molecule has 2 N–H and O–H groups in total. The first kappa shape index (κ1) is 18.5. The van der Waals surface area contributed by atoms with Gasteiger partial charge in [0.1, 0.15) is 0 Å². The largest absolute Gasteiger partial charge is 0.356 e. The van der Waals surface area contributed by atoms with E-state index >= 15 is 0 Å². The Morgan fingerprint density at radius 3 is 3.00 bits per heavy atom. The molecule has 23 heavy (non-hydrogen) atoms. The number of aliphatic imine (C=N–C) groups is 1. The van der Waals surface area contributed by atoms with E-state index in [0.29, 0.717) is 6.42 Å². The first-order chi connectivity index (χ1) is 10.7. The van der Waals surface area contributed by atoms with Crippen molar-refractivity contribution in [3.63, 3.8) is 0 Å². The van der Waals surface area contributed by atoms with Gasteiger partial charge < -0.3 is 15.5 Å². The number of nitrogens with one attached hydrogen (secondary N) is 2. The van der Waals surface area contributed by atoms with E-state index < -0.39 is 0 Å².